The highest BCUT2D eigenvalue weighted by Crippen LogP contribution is 2.37. The minimum absolute atomic E-state index is 0.0682. The maximum absolute atomic E-state index is 12.5. The van der Waals surface area contributed by atoms with Crippen molar-refractivity contribution in [2.24, 2.45) is 5.92 Å². The molecule has 2 aliphatic rings. The van der Waals surface area contributed by atoms with Crippen LogP contribution in [-0.2, 0) is 0 Å². The average Bonchev–Trinajstić information content (AvgIpc) is 2.82. The van der Waals surface area contributed by atoms with Gasteiger partial charge in [-0.1, -0.05) is 29.6 Å². The molecule has 0 unspecified atom stereocenters. The third-order valence-electron chi connectivity index (χ3n) is 4.58. The standard InChI is InChI=1S/C15H19Cl2N3O/c16-11-7-10(8-12(17)14(11)18)19-15(21)20-6-2-5-13(20)9-3-1-4-9/h7-9,13H,1-6,18H2,(H,19,21)/t13-/m0/s1. The van der Waals surface area contributed by atoms with E-state index in [0.29, 0.717) is 33.4 Å². The van der Waals surface area contributed by atoms with Crippen LogP contribution in [-0.4, -0.2) is 23.5 Å². The maximum Gasteiger partial charge on any atom is 0.322 e. The molecule has 114 valence electrons. The Morgan fingerprint density at radius 2 is 1.86 bits per heavy atom. The Kier molecular flexibility index (Phi) is 4.18. The molecule has 1 aromatic rings. The van der Waals surface area contributed by atoms with Crippen LogP contribution in [0.15, 0.2) is 12.1 Å². The van der Waals surface area contributed by atoms with Crippen molar-refractivity contribution in [2.45, 2.75) is 38.1 Å². The zero-order valence-electron chi connectivity index (χ0n) is 11.7. The van der Waals surface area contributed by atoms with E-state index in [4.69, 9.17) is 28.9 Å². The van der Waals surface area contributed by atoms with Crippen molar-refractivity contribution in [1.29, 1.82) is 0 Å². The van der Waals surface area contributed by atoms with Crippen molar-refractivity contribution >= 4 is 40.6 Å². The molecule has 1 aliphatic carbocycles. The number of nitrogens with one attached hydrogen (secondary N) is 1. The van der Waals surface area contributed by atoms with Crippen molar-refractivity contribution in [1.82, 2.24) is 4.90 Å². The second-order valence-corrected chi connectivity index (χ2v) is 6.69. The van der Waals surface area contributed by atoms with Crippen molar-refractivity contribution in [3.8, 4) is 0 Å². The van der Waals surface area contributed by atoms with Crippen LogP contribution in [0.1, 0.15) is 32.1 Å². The van der Waals surface area contributed by atoms with Crippen molar-refractivity contribution in [3.63, 3.8) is 0 Å². The summed E-state index contributed by atoms with van der Waals surface area (Å²) >= 11 is 12.0. The van der Waals surface area contributed by atoms with Crippen LogP contribution >= 0.6 is 23.2 Å². The van der Waals surface area contributed by atoms with Gasteiger partial charge in [-0.05, 0) is 43.7 Å². The fourth-order valence-electron chi connectivity index (χ4n) is 3.21. The van der Waals surface area contributed by atoms with E-state index < -0.39 is 0 Å². The van der Waals surface area contributed by atoms with Crippen LogP contribution < -0.4 is 11.1 Å². The molecule has 1 heterocycles. The van der Waals surface area contributed by atoms with Gasteiger partial charge in [0.25, 0.3) is 0 Å². The lowest BCUT2D eigenvalue weighted by atomic mass is 9.79. The van der Waals surface area contributed by atoms with Crippen LogP contribution in [0.2, 0.25) is 10.0 Å². The summed E-state index contributed by atoms with van der Waals surface area (Å²) < 4.78 is 0. The summed E-state index contributed by atoms with van der Waals surface area (Å²) in [5, 5.41) is 3.60. The number of hydrogen-bond acceptors (Lipinski definition) is 2. The topological polar surface area (TPSA) is 58.4 Å². The third kappa shape index (κ3) is 2.92. The van der Waals surface area contributed by atoms with E-state index in [1.807, 2.05) is 4.90 Å². The average molecular weight is 328 g/mol. The molecule has 2 amide bonds. The fraction of sp³-hybridized carbons (Fsp3) is 0.533. The smallest absolute Gasteiger partial charge is 0.322 e. The quantitative estimate of drug-likeness (QED) is 0.792. The van der Waals surface area contributed by atoms with Crippen molar-refractivity contribution in [3.05, 3.63) is 22.2 Å². The normalized spacial score (nSPS) is 22.2. The van der Waals surface area contributed by atoms with Gasteiger partial charge in [-0.25, -0.2) is 4.79 Å². The Hall–Kier alpha value is -1.13. The molecule has 0 aromatic heterocycles. The lowest BCUT2D eigenvalue weighted by Crippen LogP contribution is -2.44. The molecule has 21 heavy (non-hydrogen) atoms. The molecular weight excluding hydrogens is 309 g/mol. The van der Waals surface area contributed by atoms with Crippen molar-refractivity contribution in [2.75, 3.05) is 17.6 Å². The number of urea groups is 1. The monoisotopic (exact) mass is 327 g/mol. The van der Waals surface area contributed by atoms with Gasteiger partial charge >= 0.3 is 6.03 Å². The summed E-state index contributed by atoms with van der Waals surface area (Å²) in [7, 11) is 0. The second kappa shape index (κ2) is 5.93. The summed E-state index contributed by atoms with van der Waals surface area (Å²) in [4.78, 5) is 14.4. The van der Waals surface area contributed by atoms with E-state index in [0.717, 1.165) is 19.4 Å². The largest absolute Gasteiger partial charge is 0.396 e. The number of nitrogens with two attached hydrogens (primary N) is 1. The Labute approximate surface area is 134 Å². The molecule has 3 rings (SSSR count). The van der Waals surface area contributed by atoms with Crippen LogP contribution in [0.3, 0.4) is 0 Å². The molecule has 4 nitrogen and oxygen atoms in total. The molecule has 0 radical (unpaired) electrons. The number of benzene rings is 1. The molecule has 3 N–H and O–H groups in total. The third-order valence-corrected chi connectivity index (χ3v) is 5.21. The number of nitrogens with zero attached hydrogens (tertiary/aromatic N) is 1. The molecule has 1 aliphatic heterocycles. The van der Waals surface area contributed by atoms with Gasteiger partial charge in [0, 0.05) is 18.3 Å². The summed E-state index contributed by atoms with van der Waals surface area (Å²) in [5.74, 6) is 0.678. The lowest BCUT2D eigenvalue weighted by Gasteiger charge is -2.36. The van der Waals surface area contributed by atoms with E-state index >= 15 is 0 Å². The van der Waals surface area contributed by atoms with Crippen LogP contribution in [0.4, 0.5) is 16.2 Å². The van der Waals surface area contributed by atoms with Gasteiger partial charge in [0.05, 0.1) is 15.7 Å². The van der Waals surface area contributed by atoms with Crippen molar-refractivity contribution < 1.29 is 4.79 Å². The summed E-state index contributed by atoms with van der Waals surface area (Å²) in [6.45, 7) is 0.823. The van der Waals surface area contributed by atoms with Gasteiger partial charge in [0.2, 0.25) is 0 Å². The number of carbonyl (C=O) groups excluding carboxylic acids is 1. The number of likely N-dealkylation sites (tertiary alicyclic amines) is 1. The minimum atomic E-state index is -0.0682. The van der Waals surface area contributed by atoms with Crippen LogP contribution in [0.25, 0.3) is 0 Å². The fourth-order valence-corrected chi connectivity index (χ4v) is 3.70. The predicted molar refractivity (Wildman–Crippen MR) is 87.0 cm³/mol. The SMILES string of the molecule is Nc1c(Cl)cc(NC(=O)N2CCC[C@H]2C2CCC2)cc1Cl. The molecule has 1 atom stereocenters. The zero-order valence-corrected chi connectivity index (χ0v) is 13.3. The van der Waals surface area contributed by atoms with Gasteiger partial charge in [-0.3, -0.25) is 0 Å². The molecule has 1 saturated carbocycles. The highest BCUT2D eigenvalue weighted by molar-refractivity contribution is 6.39. The first-order valence-corrected chi connectivity index (χ1v) is 8.14. The van der Waals surface area contributed by atoms with Gasteiger partial charge in [0.15, 0.2) is 0 Å². The number of anilines is 2. The maximum atomic E-state index is 12.5. The van der Waals surface area contributed by atoms with E-state index in [9.17, 15) is 4.79 Å². The molecule has 1 aromatic carbocycles. The van der Waals surface area contributed by atoms with Gasteiger partial charge in [-0.15, -0.1) is 0 Å². The highest BCUT2D eigenvalue weighted by atomic mass is 35.5. The Morgan fingerprint density at radius 1 is 1.19 bits per heavy atom. The molecule has 0 spiro atoms. The number of halogens is 2. The number of hydrogen-bond donors (Lipinski definition) is 2. The minimum Gasteiger partial charge on any atom is -0.396 e. The molecule has 0 bridgehead atoms. The molecule has 1 saturated heterocycles. The van der Waals surface area contributed by atoms with E-state index in [1.54, 1.807) is 12.1 Å². The summed E-state index contributed by atoms with van der Waals surface area (Å²) in [5.41, 5.74) is 6.63. The van der Waals surface area contributed by atoms with Crippen LogP contribution in [0, 0.1) is 5.92 Å². The lowest BCUT2D eigenvalue weighted by molar-refractivity contribution is 0.148. The van der Waals surface area contributed by atoms with E-state index in [2.05, 4.69) is 5.32 Å². The first-order chi connectivity index (χ1) is 10.1. The summed E-state index contributed by atoms with van der Waals surface area (Å²) in [6, 6.07) is 3.59. The second-order valence-electron chi connectivity index (χ2n) is 5.88. The first kappa shape index (κ1) is 14.8. The first-order valence-electron chi connectivity index (χ1n) is 7.38. The van der Waals surface area contributed by atoms with E-state index in [1.165, 1.54) is 19.3 Å². The Morgan fingerprint density at radius 3 is 2.43 bits per heavy atom. The van der Waals surface area contributed by atoms with Gasteiger partial charge in [0.1, 0.15) is 0 Å². The van der Waals surface area contributed by atoms with Crippen LogP contribution in [0.5, 0.6) is 0 Å². The highest BCUT2D eigenvalue weighted by Gasteiger charge is 2.37. The van der Waals surface area contributed by atoms with E-state index in [-0.39, 0.29) is 6.03 Å². The number of nitrogen functional groups attached to an aromatic ring is 1. The Bertz CT molecular complexity index is 537. The van der Waals surface area contributed by atoms with Gasteiger partial charge < -0.3 is 16.0 Å². The molecule has 2 fully saturated rings. The zero-order chi connectivity index (χ0) is 15.0. The molecule has 6 heteroatoms. The number of amides is 2. The summed E-state index contributed by atoms with van der Waals surface area (Å²) in [6.07, 6.45) is 5.97. The Balaban J connectivity index is 1.71. The number of carbonyl (C=O) groups is 1. The van der Waals surface area contributed by atoms with Gasteiger partial charge in [-0.2, -0.15) is 0 Å². The predicted octanol–water partition coefficient (Wildman–Crippen LogP) is 4.37. The number of rotatable bonds is 2. The molecular formula is C15H19Cl2N3O.